The summed E-state index contributed by atoms with van der Waals surface area (Å²) in [4.78, 5) is 14.9. The molecular formula is C24H33NO4. The molecule has 0 radical (unpaired) electrons. The first-order valence-electron chi connectivity index (χ1n) is 10.2. The topological polar surface area (TPSA) is 48.0 Å². The van der Waals surface area contributed by atoms with E-state index in [4.69, 9.17) is 14.2 Å². The SMILES string of the molecule is CCCOc1ccc(CN(CCC)C(=O)Cc2ccc(C)c(OC)c2)cc1OC. The van der Waals surface area contributed by atoms with Gasteiger partial charge in [0.05, 0.1) is 27.2 Å². The minimum absolute atomic E-state index is 0.100. The third kappa shape index (κ3) is 6.41. The van der Waals surface area contributed by atoms with E-state index in [1.165, 1.54) is 0 Å². The predicted molar refractivity (Wildman–Crippen MR) is 116 cm³/mol. The molecule has 0 bridgehead atoms. The second-order valence-electron chi connectivity index (χ2n) is 7.13. The molecule has 0 aliphatic heterocycles. The quantitative estimate of drug-likeness (QED) is 0.545. The lowest BCUT2D eigenvalue weighted by Crippen LogP contribution is -2.32. The zero-order valence-corrected chi connectivity index (χ0v) is 18.3. The molecule has 29 heavy (non-hydrogen) atoms. The van der Waals surface area contributed by atoms with Crippen molar-refractivity contribution >= 4 is 5.91 Å². The molecule has 5 heteroatoms. The maximum Gasteiger partial charge on any atom is 0.227 e. The monoisotopic (exact) mass is 399 g/mol. The molecular weight excluding hydrogens is 366 g/mol. The minimum Gasteiger partial charge on any atom is -0.496 e. The van der Waals surface area contributed by atoms with E-state index in [1.54, 1.807) is 14.2 Å². The smallest absolute Gasteiger partial charge is 0.227 e. The summed E-state index contributed by atoms with van der Waals surface area (Å²) >= 11 is 0. The Morgan fingerprint density at radius 2 is 1.59 bits per heavy atom. The second kappa shape index (κ2) is 11.3. The zero-order chi connectivity index (χ0) is 21.2. The van der Waals surface area contributed by atoms with Crippen molar-refractivity contribution in [3.8, 4) is 17.2 Å². The molecule has 0 aromatic heterocycles. The fourth-order valence-corrected chi connectivity index (χ4v) is 3.18. The molecule has 0 atom stereocenters. The van der Waals surface area contributed by atoms with Gasteiger partial charge in [0.25, 0.3) is 0 Å². The first-order chi connectivity index (χ1) is 14.0. The zero-order valence-electron chi connectivity index (χ0n) is 18.3. The number of nitrogens with zero attached hydrogens (tertiary/aromatic N) is 1. The summed E-state index contributed by atoms with van der Waals surface area (Å²) in [6, 6.07) is 11.8. The molecule has 1 amide bonds. The van der Waals surface area contributed by atoms with E-state index < -0.39 is 0 Å². The van der Waals surface area contributed by atoms with Crippen molar-refractivity contribution in [3.63, 3.8) is 0 Å². The first-order valence-corrected chi connectivity index (χ1v) is 10.2. The van der Waals surface area contributed by atoms with E-state index in [-0.39, 0.29) is 5.91 Å². The van der Waals surface area contributed by atoms with Crippen LogP contribution in [0.3, 0.4) is 0 Å². The van der Waals surface area contributed by atoms with Gasteiger partial charge in [-0.25, -0.2) is 0 Å². The van der Waals surface area contributed by atoms with Gasteiger partial charge in [0.2, 0.25) is 5.91 Å². The van der Waals surface area contributed by atoms with Crippen molar-refractivity contribution in [2.45, 2.75) is 46.6 Å². The van der Waals surface area contributed by atoms with Gasteiger partial charge in [0, 0.05) is 13.1 Å². The Morgan fingerprint density at radius 3 is 2.24 bits per heavy atom. The Balaban J connectivity index is 2.13. The van der Waals surface area contributed by atoms with Crippen molar-refractivity contribution in [2.24, 2.45) is 0 Å². The average molecular weight is 400 g/mol. The molecule has 0 heterocycles. The van der Waals surface area contributed by atoms with E-state index >= 15 is 0 Å². The number of benzene rings is 2. The largest absolute Gasteiger partial charge is 0.496 e. The maximum absolute atomic E-state index is 13.0. The highest BCUT2D eigenvalue weighted by Crippen LogP contribution is 2.29. The van der Waals surface area contributed by atoms with Crippen LogP contribution in [0.4, 0.5) is 0 Å². The van der Waals surface area contributed by atoms with Crippen LogP contribution in [0.5, 0.6) is 17.2 Å². The molecule has 0 saturated carbocycles. The molecule has 0 unspecified atom stereocenters. The van der Waals surface area contributed by atoms with Gasteiger partial charge in [-0.05, 0) is 54.7 Å². The predicted octanol–water partition coefficient (Wildman–Crippen LogP) is 4.78. The Bertz CT molecular complexity index is 803. The van der Waals surface area contributed by atoms with E-state index in [2.05, 4.69) is 13.8 Å². The van der Waals surface area contributed by atoms with E-state index in [1.807, 2.05) is 48.2 Å². The van der Waals surface area contributed by atoms with E-state index in [0.717, 1.165) is 41.0 Å². The number of rotatable bonds is 11. The van der Waals surface area contributed by atoms with Crippen molar-refractivity contribution in [1.29, 1.82) is 0 Å². The fourth-order valence-electron chi connectivity index (χ4n) is 3.18. The Hall–Kier alpha value is -2.69. The summed E-state index contributed by atoms with van der Waals surface area (Å²) in [5.74, 6) is 2.34. The standard InChI is InChI=1S/C24H33NO4/c1-6-12-25(24(26)16-19-9-8-18(3)22(14-19)27-4)17-20-10-11-21(29-13-7-2)23(15-20)28-5/h8-11,14-15H,6-7,12-13,16-17H2,1-5H3. The lowest BCUT2D eigenvalue weighted by molar-refractivity contribution is -0.131. The van der Waals surface area contributed by atoms with Crippen molar-refractivity contribution in [1.82, 2.24) is 4.90 Å². The molecule has 5 nitrogen and oxygen atoms in total. The van der Waals surface area contributed by atoms with Gasteiger partial charge >= 0.3 is 0 Å². The lowest BCUT2D eigenvalue weighted by atomic mass is 10.1. The van der Waals surface area contributed by atoms with Crippen LogP contribution in [0.25, 0.3) is 0 Å². The summed E-state index contributed by atoms with van der Waals surface area (Å²) in [5, 5.41) is 0. The van der Waals surface area contributed by atoms with E-state index in [0.29, 0.717) is 31.9 Å². The fraction of sp³-hybridized carbons (Fsp3) is 0.458. The first kappa shape index (κ1) is 22.6. The summed E-state index contributed by atoms with van der Waals surface area (Å²) in [6.07, 6.45) is 2.19. The number of methoxy groups -OCH3 is 2. The number of carbonyl (C=O) groups excluding carboxylic acids is 1. The normalized spacial score (nSPS) is 10.5. The van der Waals surface area contributed by atoms with E-state index in [9.17, 15) is 4.79 Å². The van der Waals surface area contributed by atoms with Crippen molar-refractivity contribution in [3.05, 3.63) is 53.1 Å². The summed E-state index contributed by atoms with van der Waals surface area (Å²) in [6.45, 7) is 8.04. The number of hydrogen-bond acceptors (Lipinski definition) is 4. The second-order valence-corrected chi connectivity index (χ2v) is 7.13. The van der Waals surface area contributed by atoms with Gasteiger partial charge in [-0.15, -0.1) is 0 Å². The summed E-state index contributed by atoms with van der Waals surface area (Å²) < 4.78 is 16.6. The average Bonchev–Trinajstić information content (AvgIpc) is 2.73. The molecule has 0 aliphatic carbocycles. The number of hydrogen-bond donors (Lipinski definition) is 0. The van der Waals surface area contributed by atoms with Gasteiger partial charge in [-0.3, -0.25) is 4.79 Å². The molecule has 0 spiro atoms. The number of carbonyl (C=O) groups is 1. The van der Waals surface area contributed by atoms with Crippen LogP contribution in [-0.2, 0) is 17.8 Å². The summed E-state index contributed by atoms with van der Waals surface area (Å²) in [5.41, 5.74) is 3.04. The van der Waals surface area contributed by atoms with Crippen LogP contribution < -0.4 is 14.2 Å². The van der Waals surface area contributed by atoms with Crippen LogP contribution in [0.15, 0.2) is 36.4 Å². The molecule has 0 aliphatic rings. The van der Waals surface area contributed by atoms with Gasteiger partial charge in [-0.2, -0.15) is 0 Å². The summed E-state index contributed by atoms with van der Waals surface area (Å²) in [7, 11) is 3.29. The molecule has 0 N–H and O–H groups in total. The van der Waals surface area contributed by atoms with Gasteiger partial charge in [-0.1, -0.05) is 32.0 Å². The number of ether oxygens (including phenoxy) is 3. The highest BCUT2D eigenvalue weighted by Gasteiger charge is 2.16. The number of amides is 1. The third-order valence-corrected chi connectivity index (χ3v) is 4.74. The molecule has 2 aromatic rings. The Morgan fingerprint density at radius 1 is 0.897 bits per heavy atom. The van der Waals surface area contributed by atoms with Crippen LogP contribution in [0, 0.1) is 6.92 Å². The van der Waals surface area contributed by atoms with Crippen LogP contribution >= 0.6 is 0 Å². The third-order valence-electron chi connectivity index (χ3n) is 4.74. The van der Waals surface area contributed by atoms with Gasteiger partial charge in [0.1, 0.15) is 5.75 Å². The molecule has 158 valence electrons. The van der Waals surface area contributed by atoms with Crippen LogP contribution in [0.2, 0.25) is 0 Å². The van der Waals surface area contributed by atoms with Crippen LogP contribution in [0.1, 0.15) is 43.4 Å². The Labute approximate surface area is 174 Å². The highest BCUT2D eigenvalue weighted by atomic mass is 16.5. The lowest BCUT2D eigenvalue weighted by Gasteiger charge is -2.23. The van der Waals surface area contributed by atoms with Gasteiger partial charge < -0.3 is 19.1 Å². The Kier molecular flexibility index (Phi) is 8.84. The van der Waals surface area contributed by atoms with Crippen molar-refractivity contribution in [2.75, 3.05) is 27.4 Å². The number of aryl methyl sites for hydroxylation is 1. The molecule has 2 aromatic carbocycles. The minimum atomic E-state index is 0.100. The maximum atomic E-state index is 13.0. The molecule has 2 rings (SSSR count). The van der Waals surface area contributed by atoms with Gasteiger partial charge in [0.15, 0.2) is 11.5 Å². The molecule has 0 saturated heterocycles. The van der Waals surface area contributed by atoms with Crippen LogP contribution in [-0.4, -0.2) is 38.2 Å². The molecule has 0 fully saturated rings. The highest BCUT2D eigenvalue weighted by molar-refractivity contribution is 5.79. The van der Waals surface area contributed by atoms with Crippen molar-refractivity contribution < 1.29 is 19.0 Å².